The van der Waals surface area contributed by atoms with E-state index in [-0.39, 0.29) is 22.2 Å². The van der Waals surface area contributed by atoms with Crippen molar-refractivity contribution in [2.24, 2.45) is 0 Å². The Morgan fingerprint density at radius 2 is 1.82 bits per heavy atom. The Labute approximate surface area is 61.6 Å². The van der Waals surface area contributed by atoms with Crippen LogP contribution in [-0.4, -0.2) is 10.1 Å². The molecular weight excluding hydrogens is 150 g/mol. The molecule has 0 bridgehead atoms. The van der Waals surface area contributed by atoms with E-state index in [1.54, 1.807) is 0 Å². The summed E-state index contributed by atoms with van der Waals surface area (Å²) in [5.74, 6) is -1.64. The van der Waals surface area contributed by atoms with Gasteiger partial charge in [0.2, 0.25) is 11.6 Å². The van der Waals surface area contributed by atoms with E-state index in [4.69, 9.17) is 22.3 Å². The molecule has 0 fully saturated rings. The molecule has 1 aromatic heterocycles. The third-order valence-electron chi connectivity index (χ3n) is 1.14. The normalized spacial score (nSPS) is 9.82. The molecule has 11 heavy (non-hydrogen) atoms. The first-order valence-electron chi connectivity index (χ1n) is 2.67. The lowest BCUT2D eigenvalue weighted by Gasteiger charge is -2.08. The molecule has 0 aromatic carbocycles. The van der Waals surface area contributed by atoms with Crippen LogP contribution < -0.4 is 21.9 Å². The Morgan fingerprint density at radius 3 is 2.36 bits per heavy atom. The number of aromatic hydroxyl groups is 1. The molecule has 1 heterocycles. The highest BCUT2D eigenvalue weighted by atomic mass is 16.5. The van der Waals surface area contributed by atoms with Gasteiger partial charge in [-0.1, -0.05) is 0 Å². The summed E-state index contributed by atoms with van der Waals surface area (Å²) in [7, 11) is 0. The Balaban J connectivity index is 3.46. The maximum atomic E-state index is 10.8. The molecule has 7 nitrogen and oxygen atoms in total. The molecule has 0 unspecified atom stereocenters. The fourth-order valence-corrected chi connectivity index (χ4v) is 0.559. The molecule has 60 valence electrons. The summed E-state index contributed by atoms with van der Waals surface area (Å²) in [5.41, 5.74) is 15.3. The molecular formula is C4H7N5O2. The first kappa shape index (κ1) is 7.19. The third kappa shape index (κ3) is 0.914. The van der Waals surface area contributed by atoms with Gasteiger partial charge >= 0.3 is 11.7 Å². The standard InChI is InChI=1S/C4H7N5O2/c5-1-3(7)9(11)4(10)2(6)8-1/h10H,7H2,(H4,5,6,8). The number of nitrogen functional groups attached to an aromatic ring is 3. The van der Waals surface area contributed by atoms with Gasteiger partial charge in [0.1, 0.15) is 0 Å². The van der Waals surface area contributed by atoms with Crippen molar-refractivity contribution in [3.63, 3.8) is 0 Å². The summed E-state index contributed by atoms with van der Waals surface area (Å²) < 4.78 is 0.0116. The van der Waals surface area contributed by atoms with Crippen molar-refractivity contribution >= 4 is 17.5 Å². The zero-order chi connectivity index (χ0) is 8.59. The van der Waals surface area contributed by atoms with Gasteiger partial charge in [-0.15, -0.1) is 0 Å². The first-order chi connectivity index (χ1) is 5.04. The van der Waals surface area contributed by atoms with Crippen molar-refractivity contribution in [2.75, 3.05) is 17.2 Å². The van der Waals surface area contributed by atoms with E-state index in [9.17, 15) is 5.21 Å². The molecule has 0 atom stereocenters. The van der Waals surface area contributed by atoms with Gasteiger partial charge in [0.25, 0.3) is 0 Å². The van der Waals surface area contributed by atoms with E-state index >= 15 is 0 Å². The number of nitrogens with two attached hydrogens (primary N) is 3. The zero-order valence-electron chi connectivity index (χ0n) is 5.48. The van der Waals surface area contributed by atoms with Gasteiger partial charge in [-0.2, -0.15) is 9.71 Å². The highest BCUT2D eigenvalue weighted by molar-refractivity contribution is 5.53. The maximum Gasteiger partial charge on any atom is 0.329 e. The fraction of sp³-hybridized carbons (Fsp3) is 0. The molecule has 0 amide bonds. The SMILES string of the molecule is Nc1nc(N)c(O)[n+]([O-])c1N. The minimum atomic E-state index is -0.739. The number of nitrogens with zero attached hydrogens (tertiary/aromatic N) is 2. The van der Waals surface area contributed by atoms with Gasteiger partial charge < -0.3 is 21.8 Å². The van der Waals surface area contributed by atoms with Crippen LogP contribution in [0.15, 0.2) is 0 Å². The molecule has 1 aromatic rings. The van der Waals surface area contributed by atoms with Crippen LogP contribution in [0.4, 0.5) is 17.5 Å². The molecule has 0 aliphatic rings. The van der Waals surface area contributed by atoms with Crippen molar-refractivity contribution in [2.45, 2.75) is 0 Å². The Bertz CT molecular complexity index is 273. The van der Waals surface area contributed by atoms with Crippen molar-refractivity contribution < 1.29 is 9.84 Å². The quantitative estimate of drug-likeness (QED) is 0.258. The van der Waals surface area contributed by atoms with Crippen molar-refractivity contribution in [3.8, 4) is 5.88 Å². The van der Waals surface area contributed by atoms with Crippen LogP contribution in [0, 0.1) is 5.21 Å². The second kappa shape index (κ2) is 2.04. The summed E-state index contributed by atoms with van der Waals surface area (Å²) >= 11 is 0. The predicted octanol–water partition coefficient (Wildman–Crippen LogP) is -1.83. The lowest BCUT2D eigenvalue weighted by Crippen LogP contribution is -2.33. The van der Waals surface area contributed by atoms with E-state index < -0.39 is 5.88 Å². The highest BCUT2D eigenvalue weighted by Gasteiger charge is 2.13. The highest BCUT2D eigenvalue weighted by Crippen LogP contribution is 2.16. The summed E-state index contributed by atoms with van der Waals surface area (Å²) in [6.45, 7) is 0. The number of rotatable bonds is 0. The van der Waals surface area contributed by atoms with Gasteiger partial charge in [-0.05, 0) is 0 Å². The molecule has 0 aliphatic carbocycles. The van der Waals surface area contributed by atoms with Crippen LogP contribution in [0.3, 0.4) is 0 Å². The van der Waals surface area contributed by atoms with Crippen molar-refractivity contribution in [1.29, 1.82) is 0 Å². The van der Waals surface area contributed by atoms with Crippen LogP contribution in [0.1, 0.15) is 0 Å². The van der Waals surface area contributed by atoms with Crippen LogP contribution >= 0.6 is 0 Å². The molecule has 7 N–H and O–H groups in total. The van der Waals surface area contributed by atoms with Crippen molar-refractivity contribution in [3.05, 3.63) is 5.21 Å². The number of anilines is 3. The minimum absolute atomic E-state index is 0.0116. The number of hydrogen-bond donors (Lipinski definition) is 4. The molecule has 0 saturated heterocycles. The maximum absolute atomic E-state index is 10.8. The molecule has 7 heteroatoms. The lowest BCUT2D eigenvalue weighted by atomic mass is 10.5. The molecule has 0 aliphatic heterocycles. The van der Waals surface area contributed by atoms with E-state index in [1.807, 2.05) is 0 Å². The topological polar surface area (TPSA) is 138 Å². The van der Waals surface area contributed by atoms with Gasteiger partial charge in [0, 0.05) is 0 Å². The van der Waals surface area contributed by atoms with Crippen LogP contribution in [0.2, 0.25) is 0 Å². The molecule has 0 saturated carbocycles. The van der Waals surface area contributed by atoms with Gasteiger partial charge in [-0.25, -0.2) is 0 Å². The van der Waals surface area contributed by atoms with Crippen LogP contribution in [0.25, 0.3) is 0 Å². The molecule has 1 rings (SSSR count). The lowest BCUT2D eigenvalue weighted by molar-refractivity contribution is -0.597. The largest absolute Gasteiger partial charge is 0.708 e. The monoisotopic (exact) mass is 157 g/mol. The molecule has 0 radical (unpaired) electrons. The van der Waals surface area contributed by atoms with E-state index in [0.717, 1.165) is 0 Å². The van der Waals surface area contributed by atoms with Crippen LogP contribution in [0.5, 0.6) is 5.88 Å². The second-order valence-corrected chi connectivity index (χ2v) is 1.89. The van der Waals surface area contributed by atoms with Crippen molar-refractivity contribution in [1.82, 2.24) is 4.98 Å². The summed E-state index contributed by atoms with van der Waals surface area (Å²) in [5, 5.41) is 19.6. The Morgan fingerprint density at radius 1 is 1.27 bits per heavy atom. The number of hydrogen-bond acceptors (Lipinski definition) is 6. The van der Waals surface area contributed by atoms with Gasteiger partial charge in [0.05, 0.1) is 0 Å². The van der Waals surface area contributed by atoms with Gasteiger partial charge in [0.15, 0.2) is 0 Å². The average molecular weight is 157 g/mol. The average Bonchev–Trinajstić information content (AvgIpc) is 1.97. The Hall–Kier alpha value is -1.92. The van der Waals surface area contributed by atoms with E-state index in [0.29, 0.717) is 0 Å². The Kier molecular flexibility index (Phi) is 1.34. The summed E-state index contributed by atoms with van der Waals surface area (Å²) in [6, 6.07) is 0. The smallest absolute Gasteiger partial charge is 0.329 e. The zero-order valence-corrected chi connectivity index (χ0v) is 5.48. The summed E-state index contributed by atoms with van der Waals surface area (Å²) in [6.07, 6.45) is 0. The van der Waals surface area contributed by atoms with E-state index in [2.05, 4.69) is 4.98 Å². The predicted molar refractivity (Wildman–Crippen MR) is 38.1 cm³/mol. The second-order valence-electron chi connectivity index (χ2n) is 1.89. The summed E-state index contributed by atoms with van der Waals surface area (Å²) in [4.78, 5) is 3.39. The third-order valence-corrected chi connectivity index (χ3v) is 1.14. The van der Waals surface area contributed by atoms with Crippen LogP contribution in [-0.2, 0) is 0 Å². The first-order valence-corrected chi connectivity index (χ1v) is 2.67. The van der Waals surface area contributed by atoms with E-state index in [1.165, 1.54) is 0 Å². The molecule has 0 spiro atoms. The number of aromatic nitrogens is 2. The van der Waals surface area contributed by atoms with Gasteiger partial charge in [-0.3, -0.25) is 5.73 Å². The fourth-order valence-electron chi connectivity index (χ4n) is 0.559. The minimum Gasteiger partial charge on any atom is -0.708 e.